The van der Waals surface area contributed by atoms with Crippen LogP contribution in [-0.2, 0) is 36.1 Å². The number of rotatable bonds is 11. The number of imidazole rings is 1. The van der Waals surface area contributed by atoms with E-state index in [1.165, 1.54) is 66.5 Å². The van der Waals surface area contributed by atoms with Gasteiger partial charge < -0.3 is 29.9 Å². The number of carbonyl (C=O) groups is 1. The number of aromatic nitrogens is 4. The standard InChI is InChI=1S/C30H31ClF3N6O8P/c1-28(43)23(41)22(47-25(28)40-16-37-21-13-36-27(35)38-24(21)40)15-46-49(44,48-19-9-7-18(31)8-10-19)39-29(11-4-12-29)26(42)45-14-17-5-2-3-6-20(17)30(32,33)34/h2-3,5-10,13,16,22-23,25,41,43H,4,11-12,14-15H2,1H3,(H,39,44)(H2,35,36,38)/t22?,23-,25-,28-,49?/m1/s1. The molecular formula is C30H31ClF3N6O8P. The number of nitrogens with zero attached hydrogens (tertiary/aromatic N) is 4. The van der Waals surface area contributed by atoms with Gasteiger partial charge in [0.05, 0.1) is 24.7 Å². The van der Waals surface area contributed by atoms with Crippen molar-refractivity contribution in [3.63, 3.8) is 0 Å². The van der Waals surface area contributed by atoms with Crippen molar-refractivity contribution in [3.05, 3.63) is 77.2 Å². The van der Waals surface area contributed by atoms with Crippen LogP contribution in [0.5, 0.6) is 5.75 Å². The van der Waals surface area contributed by atoms with Gasteiger partial charge in [0, 0.05) is 10.6 Å². The molecule has 1 saturated heterocycles. The van der Waals surface area contributed by atoms with Crippen LogP contribution in [0.4, 0.5) is 19.1 Å². The number of benzene rings is 2. The largest absolute Gasteiger partial charge is 0.459 e. The number of nitrogen functional groups attached to an aromatic ring is 1. The predicted octanol–water partition coefficient (Wildman–Crippen LogP) is 4.55. The molecule has 2 aromatic heterocycles. The number of nitrogens with two attached hydrogens (primary N) is 1. The Morgan fingerprint density at radius 1 is 1.20 bits per heavy atom. The Hall–Kier alpha value is -3.83. The third-order valence-electron chi connectivity index (χ3n) is 8.42. The number of fused-ring (bicyclic) bond motifs is 1. The summed E-state index contributed by atoms with van der Waals surface area (Å²) in [6.45, 7) is -0.00416. The highest BCUT2D eigenvalue weighted by Gasteiger charge is 2.56. The summed E-state index contributed by atoms with van der Waals surface area (Å²) in [7, 11) is -4.58. The highest BCUT2D eigenvalue weighted by atomic mass is 35.5. The first kappa shape index (κ1) is 35.0. The van der Waals surface area contributed by atoms with Crippen molar-refractivity contribution < 1.29 is 51.3 Å². The number of anilines is 1. The summed E-state index contributed by atoms with van der Waals surface area (Å²) in [4.78, 5) is 25.6. The van der Waals surface area contributed by atoms with E-state index >= 15 is 0 Å². The first-order valence-electron chi connectivity index (χ1n) is 14.9. The lowest BCUT2D eigenvalue weighted by atomic mass is 9.78. The molecule has 2 aromatic carbocycles. The van der Waals surface area contributed by atoms with Crippen LogP contribution in [0, 0.1) is 0 Å². The van der Waals surface area contributed by atoms with E-state index in [1.54, 1.807) is 0 Å². The summed E-state index contributed by atoms with van der Waals surface area (Å²) >= 11 is 5.99. The fourth-order valence-corrected chi connectivity index (χ4v) is 7.51. The fourth-order valence-electron chi connectivity index (χ4n) is 5.63. The summed E-state index contributed by atoms with van der Waals surface area (Å²) in [5.74, 6) is -0.999. The predicted molar refractivity (Wildman–Crippen MR) is 167 cm³/mol. The van der Waals surface area contributed by atoms with Crippen LogP contribution in [0.25, 0.3) is 11.2 Å². The SMILES string of the molecule is C[C@@]1(O)[C@H](O)C(COP(=O)(NC2(C(=O)OCc3ccccc3C(F)(F)F)CCC2)Oc2ccc(Cl)cc2)O[C@H]1n1cnc2cnc(N)nc21. The molecule has 262 valence electrons. The van der Waals surface area contributed by atoms with E-state index in [-0.39, 0.29) is 35.8 Å². The van der Waals surface area contributed by atoms with Crippen molar-refractivity contribution >= 4 is 42.4 Å². The minimum Gasteiger partial charge on any atom is -0.459 e. The zero-order chi connectivity index (χ0) is 35.2. The number of carbonyl (C=O) groups excluding carboxylic acids is 1. The second-order valence-electron chi connectivity index (χ2n) is 11.9. The zero-order valence-corrected chi connectivity index (χ0v) is 27.4. The normalized spacial score (nSPS) is 24.7. The van der Waals surface area contributed by atoms with Gasteiger partial charge in [0.25, 0.3) is 0 Å². The topological polar surface area (TPSA) is 193 Å². The summed E-state index contributed by atoms with van der Waals surface area (Å²) in [5, 5.41) is 25.4. The molecule has 2 unspecified atom stereocenters. The second-order valence-corrected chi connectivity index (χ2v) is 14.0. The highest BCUT2D eigenvalue weighted by molar-refractivity contribution is 7.52. The lowest BCUT2D eigenvalue weighted by molar-refractivity contribution is -0.157. The van der Waals surface area contributed by atoms with E-state index < -0.39 is 68.2 Å². The minimum atomic E-state index is -4.67. The van der Waals surface area contributed by atoms with Crippen molar-refractivity contribution in [2.24, 2.45) is 0 Å². The molecule has 1 aliphatic heterocycles. The van der Waals surface area contributed by atoms with Crippen molar-refractivity contribution in [1.82, 2.24) is 24.6 Å². The van der Waals surface area contributed by atoms with Crippen molar-refractivity contribution in [3.8, 4) is 5.75 Å². The highest BCUT2D eigenvalue weighted by Crippen LogP contribution is 2.51. The number of halogens is 4. The van der Waals surface area contributed by atoms with Crippen LogP contribution in [0.15, 0.2) is 61.1 Å². The number of aliphatic hydroxyl groups excluding tert-OH is 1. The molecule has 4 aromatic rings. The van der Waals surface area contributed by atoms with Crippen LogP contribution in [0.2, 0.25) is 5.02 Å². The fraction of sp³-hybridized carbons (Fsp3) is 0.400. The lowest BCUT2D eigenvalue weighted by Gasteiger charge is -2.41. The molecule has 1 saturated carbocycles. The first-order valence-corrected chi connectivity index (χ1v) is 16.8. The van der Waals surface area contributed by atoms with Gasteiger partial charge in [0.2, 0.25) is 5.95 Å². The minimum absolute atomic E-state index is 0.0297. The molecule has 0 bridgehead atoms. The lowest BCUT2D eigenvalue weighted by Crippen LogP contribution is -2.57. The molecule has 0 radical (unpaired) electrons. The number of ether oxygens (including phenoxy) is 2. The smallest absolute Gasteiger partial charge is 0.459 e. The molecule has 19 heteroatoms. The van der Waals surface area contributed by atoms with Gasteiger partial charge in [0.1, 0.15) is 41.2 Å². The number of aliphatic hydroxyl groups is 2. The van der Waals surface area contributed by atoms with Gasteiger partial charge in [-0.2, -0.15) is 23.2 Å². The van der Waals surface area contributed by atoms with Crippen LogP contribution in [0.3, 0.4) is 0 Å². The quantitative estimate of drug-likeness (QED) is 0.124. The van der Waals surface area contributed by atoms with Crippen molar-refractivity contribution in [2.75, 3.05) is 12.3 Å². The molecule has 0 amide bonds. The van der Waals surface area contributed by atoms with E-state index in [1.807, 2.05) is 0 Å². The molecule has 6 rings (SSSR count). The average molecular weight is 727 g/mol. The summed E-state index contributed by atoms with van der Waals surface area (Å²) in [5.41, 5.74) is 1.48. The number of alkyl halides is 3. The molecule has 1 aliphatic carbocycles. The Labute approximate surface area is 281 Å². The maximum atomic E-state index is 14.4. The van der Waals surface area contributed by atoms with Gasteiger partial charge in [-0.25, -0.2) is 14.5 Å². The maximum Gasteiger partial charge on any atom is 0.459 e. The van der Waals surface area contributed by atoms with E-state index in [4.69, 9.17) is 35.9 Å². The monoisotopic (exact) mass is 726 g/mol. The number of nitrogens with one attached hydrogen (secondary N) is 1. The Balaban J connectivity index is 1.22. The van der Waals surface area contributed by atoms with Gasteiger partial charge in [-0.3, -0.25) is 13.9 Å². The molecule has 5 atom stereocenters. The second kappa shape index (κ2) is 13.1. The Kier molecular flexibility index (Phi) is 9.38. The van der Waals surface area contributed by atoms with Gasteiger partial charge >= 0.3 is 19.9 Å². The van der Waals surface area contributed by atoms with Crippen LogP contribution >= 0.6 is 19.3 Å². The zero-order valence-electron chi connectivity index (χ0n) is 25.7. The molecule has 0 spiro atoms. The third-order valence-corrected chi connectivity index (χ3v) is 10.3. The molecule has 2 fully saturated rings. The molecule has 5 N–H and O–H groups in total. The Morgan fingerprint density at radius 2 is 1.92 bits per heavy atom. The van der Waals surface area contributed by atoms with Gasteiger partial charge in [-0.05, 0) is 56.5 Å². The summed E-state index contributed by atoms with van der Waals surface area (Å²) in [6.07, 6.45) is -5.45. The number of hydrogen-bond acceptors (Lipinski definition) is 12. The van der Waals surface area contributed by atoms with E-state index in [9.17, 15) is 32.7 Å². The maximum absolute atomic E-state index is 14.4. The molecule has 3 heterocycles. The van der Waals surface area contributed by atoms with E-state index in [0.717, 1.165) is 6.07 Å². The van der Waals surface area contributed by atoms with Crippen molar-refractivity contribution in [2.45, 2.75) is 68.5 Å². The van der Waals surface area contributed by atoms with Gasteiger partial charge in [0.15, 0.2) is 11.9 Å². The molecule has 2 aliphatic rings. The Bertz CT molecular complexity index is 1890. The molecule has 49 heavy (non-hydrogen) atoms. The summed E-state index contributed by atoms with van der Waals surface area (Å²) < 4.78 is 79.1. The molecule has 14 nitrogen and oxygen atoms in total. The summed E-state index contributed by atoms with van der Waals surface area (Å²) in [6, 6.07) is 10.4. The van der Waals surface area contributed by atoms with Crippen molar-refractivity contribution in [1.29, 1.82) is 0 Å². The first-order chi connectivity index (χ1) is 23.1. The number of esters is 1. The van der Waals surface area contributed by atoms with Gasteiger partial charge in [-0.1, -0.05) is 29.8 Å². The van der Waals surface area contributed by atoms with E-state index in [2.05, 4.69) is 20.0 Å². The molecular weight excluding hydrogens is 696 g/mol. The number of hydrogen-bond donors (Lipinski definition) is 4. The van der Waals surface area contributed by atoms with E-state index in [0.29, 0.717) is 17.0 Å². The Morgan fingerprint density at radius 3 is 2.59 bits per heavy atom. The van der Waals surface area contributed by atoms with Crippen LogP contribution in [0.1, 0.15) is 43.5 Å². The third kappa shape index (κ3) is 7.10. The van der Waals surface area contributed by atoms with Crippen LogP contribution < -0.4 is 15.3 Å². The van der Waals surface area contributed by atoms with Crippen LogP contribution in [-0.4, -0.2) is 65.7 Å². The average Bonchev–Trinajstić information content (AvgIpc) is 3.54. The van der Waals surface area contributed by atoms with Gasteiger partial charge in [-0.15, -0.1) is 0 Å².